The first-order valence-electron chi connectivity index (χ1n) is 6.22. The van der Waals surface area contributed by atoms with Crippen LogP contribution in [-0.4, -0.2) is 30.0 Å². The highest BCUT2D eigenvalue weighted by Gasteiger charge is 2.48. The molecule has 90 valence electrons. The zero-order valence-electron chi connectivity index (χ0n) is 10.2. The molecule has 0 radical (unpaired) electrons. The number of rotatable bonds is 2. The van der Waals surface area contributed by atoms with Crippen molar-refractivity contribution in [2.24, 2.45) is 0 Å². The summed E-state index contributed by atoms with van der Waals surface area (Å²) in [7, 11) is 1.99. The topological polar surface area (TPSA) is 29.5 Å². The Morgan fingerprint density at radius 3 is 3.00 bits per heavy atom. The van der Waals surface area contributed by atoms with E-state index in [4.69, 9.17) is 4.74 Å². The summed E-state index contributed by atoms with van der Waals surface area (Å²) in [6.45, 7) is 1.93. The highest BCUT2D eigenvalue weighted by atomic mass is 16.5. The summed E-state index contributed by atoms with van der Waals surface area (Å²) in [5.74, 6) is 1.66. The molecule has 1 aromatic carbocycles. The van der Waals surface area contributed by atoms with Gasteiger partial charge in [0.15, 0.2) is 6.23 Å². The number of para-hydroxylation sites is 1. The van der Waals surface area contributed by atoms with Gasteiger partial charge in [-0.15, -0.1) is 0 Å². The number of carbonyl (C=O) groups is 1. The lowest BCUT2D eigenvalue weighted by Crippen LogP contribution is -2.39. The number of hydrogen-bond donors (Lipinski definition) is 0. The van der Waals surface area contributed by atoms with Crippen LogP contribution in [0.5, 0.6) is 5.75 Å². The van der Waals surface area contributed by atoms with Crippen molar-refractivity contribution in [2.45, 2.75) is 38.0 Å². The zero-order valence-corrected chi connectivity index (χ0v) is 10.2. The van der Waals surface area contributed by atoms with Gasteiger partial charge in [0.25, 0.3) is 0 Å². The molecule has 3 rings (SSSR count). The number of likely N-dealkylation sites (N-methyl/N-ethyl adjacent to an activating group) is 1. The lowest BCUT2D eigenvalue weighted by atomic mass is 9.95. The number of benzene rings is 1. The van der Waals surface area contributed by atoms with E-state index >= 15 is 0 Å². The zero-order chi connectivity index (χ0) is 12.0. The van der Waals surface area contributed by atoms with E-state index in [0.29, 0.717) is 18.1 Å². The summed E-state index contributed by atoms with van der Waals surface area (Å²) in [4.78, 5) is 14.0. The number of nitrogens with zero attached hydrogens (tertiary/aromatic N) is 1. The van der Waals surface area contributed by atoms with Crippen molar-refractivity contribution in [3.8, 4) is 5.75 Å². The minimum Gasteiger partial charge on any atom is -0.474 e. The van der Waals surface area contributed by atoms with Crippen LogP contribution < -0.4 is 4.74 Å². The summed E-state index contributed by atoms with van der Waals surface area (Å²) < 4.78 is 5.94. The highest BCUT2D eigenvalue weighted by molar-refractivity contribution is 5.84. The quantitative estimate of drug-likeness (QED) is 0.781. The summed E-state index contributed by atoms with van der Waals surface area (Å²) in [5, 5.41) is 0. The van der Waals surface area contributed by atoms with Crippen LogP contribution in [0.4, 0.5) is 0 Å². The molecular formula is C14H17NO2. The van der Waals surface area contributed by atoms with Gasteiger partial charge in [-0.3, -0.25) is 9.69 Å². The fourth-order valence-corrected chi connectivity index (χ4v) is 3.05. The number of ether oxygens (including phenoxy) is 1. The maximum Gasteiger partial charge on any atom is 0.160 e. The number of hydrogen-bond acceptors (Lipinski definition) is 3. The van der Waals surface area contributed by atoms with E-state index in [9.17, 15) is 4.79 Å². The molecule has 1 saturated heterocycles. The number of fused-ring (bicyclic) bond motifs is 3. The summed E-state index contributed by atoms with van der Waals surface area (Å²) >= 11 is 0. The molecule has 3 nitrogen and oxygen atoms in total. The molecule has 2 aliphatic heterocycles. The Bertz CT molecular complexity index is 457. The minimum atomic E-state index is 0.0309. The van der Waals surface area contributed by atoms with Gasteiger partial charge in [-0.1, -0.05) is 25.1 Å². The second-order valence-electron chi connectivity index (χ2n) is 4.89. The smallest absolute Gasteiger partial charge is 0.160 e. The third kappa shape index (κ3) is 1.49. The van der Waals surface area contributed by atoms with Gasteiger partial charge in [0, 0.05) is 17.9 Å². The molecule has 0 saturated carbocycles. The molecule has 0 amide bonds. The average Bonchev–Trinajstić information content (AvgIpc) is 2.86. The lowest BCUT2D eigenvalue weighted by Gasteiger charge is -2.23. The van der Waals surface area contributed by atoms with Crippen molar-refractivity contribution in [1.29, 1.82) is 0 Å². The first kappa shape index (κ1) is 10.8. The molecule has 0 N–H and O–H groups in total. The Kier molecular flexibility index (Phi) is 2.44. The molecule has 0 aliphatic carbocycles. The monoisotopic (exact) mass is 231 g/mol. The number of likely N-dealkylation sites (tertiary alicyclic amines) is 1. The third-order valence-corrected chi connectivity index (χ3v) is 4.00. The van der Waals surface area contributed by atoms with E-state index in [-0.39, 0.29) is 12.3 Å². The highest BCUT2D eigenvalue weighted by Crippen LogP contribution is 2.46. The van der Waals surface area contributed by atoms with Crippen LogP contribution in [0.25, 0.3) is 0 Å². The van der Waals surface area contributed by atoms with Gasteiger partial charge in [-0.25, -0.2) is 0 Å². The lowest BCUT2D eigenvalue weighted by molar-refractivity contribution is -0.124. The second-order valence-corrected chi connectivity index (χ2v) is 4.89. The van der Waals surface area contributed by atoms with Gasteiger partial charge >= 0.3 is 0 Å². The van der Waals surface area contributed by atoms with Crippen LogP contribution >= 0.6 is 0 Å². The van der Waals surface area contributed by atoms with Crippen LogP contribution in [0, 0.1) is 0 Å². The van der Waals surface area contributed by atoms with Crippen molar-refractivity contribution in [1.82, 2.24) is 4.90 Å². The molecule has 1 aromatic rings. The van der Waals surface area contributed by atoms with Crippen LogP contribution in [0.1, 0.15) is 31.2 Å². The Hall–Kier alpha value is -1.35. The molecule has 0 bridgehead atoms. The van der Waals surface area contributed by atoms with E-state index in [1.165, 1.54) is 5.56 Å². The van der Waals surface area contributed by atoms with Crippen molar-refractivity contribution in [2.75, 3.05) is 7.05 Å². The molecular weight excluding hydrogens is 214 g/mol. The molecule has 3 atom stereocenters. The van der Waals surface area contributed by atoms with Gasteiger partial charge in [0.1, 0.15) is 11.5 Å². The first-order valence-corrected chi connectivity index (χ1v) is 6.22. The Balaban J connectivity index is 1.90. The molecule has 3 unspecified atom stereocenters. The first-order chi connectivity index (χ1) is 8.22. The van der Waals surface area contributed by atoms with Crippen molar-refractivity contribution in [3.05, 3.63) is 29.8 Å². The van der Waals surface area contributed by atoms with Gasteiger partial charge in [-0.2, -0.15) is 0 Å². The predicted octanol–water partition coefficient (Wildman–Crippen LogP) is 2.17. The Labute approximate surface area is 101 Å². The predicted molar refractivity (Wildman–Crippen MR) is 65.1 cm³/mol. The van der Waals surface area contributed by atoms with Crippen LogP contribution in [0.15, 0.2) is 24.3 Å². The second kappa shape index (κ2) is 3.84. The molecule has 0 aromatic heterocycles. The van der Waals surface area contributed by atoms with Crippen molar-refractivity contribution >= 4 is 5.78 Å². The average molecular weight is 231 g/mol. The fourth-order valence-electron chi connectivity index (χ4n) is 3.05. The van der Waals surface area contributed by atoms with Crippen molar-refractivity contribution < 1.29 is 9.53 Å². The molecule has 1 fully saturated rings. The third-order valence-electron chi connectivity index (χ3n) is 4.00. The normalized spacial score (nSPS) is 30.8. The van der Waals surface area contributed by atoms with E-state index in [0.717, 1.165) is 12.2 Å². The maximum atomic E-state index is 11.9. The molecule has 3 heteroatoms. The SMILES string of the molecule is CCC(=O)C1CC2c3ccccc3OC2N1C. The van der Waals surface area contributed by atoms with Gasteiger partial charge in [0.05, 0.1) is 6.04 Å². The van der Waals surface area contributed by atoms with E-state index < -0.39 is 0 Å². The van der Waals surface area contributed by atoms with Gasteiger partial charge in [-0.05, 0) is 19.5 Å². The fraction of sp³-hybridized carbons (Fsp3) is 0.500. The van der Waals surface area contributed by atoms with Crippen LogP contribution in [0.3, 0.4) is 0 Å². The van der Waals surface area contributed by atoms with Gasteiger partial charge < -0.3 is 4.74 Å². The van der Waals surface area contributed by atoms with Crippen LogP contribution in [0.2, 0.25) is 0 Å². The standard InChI is InChI=1S/C14H17NO2/c1-3-12(16)11-8-10-9-6-4-5-7-13(9)17-14(10)15(11)2/h4-7,10-11,14H,3,8H2,1-2H3. The molecule has 2 aliphatic rings. The summed E-state index contributed by atoms with van der Waals surface area (Å²) in [6.07, 6.45) is 1.55. The Morgan fingerprint density at radius 2 is 2.24 bits per heavy atom. The summed E-state index contributed by atoms with van der Waals surface area (Å²) in [5.41, 5.74) is 1.26. The number of carbonyl (C=O) groups excluding carboxylic acids is 1. The maximum absolute atomic E-state index is 11.9. The number of ketones is 1. The Morgan fingerprint density at radius 1 is 1.47 bits per heavy atom. The number of Topliss-reactive ketones (excluding diaryl/α,β-unsaturated/α-hetero) is 1. The van der Waals surface area contributed by atoms with Crippen LogP contribution in [-0.2, 0) is 4.79 Å². The molecule has 17 heavy (non-hydrogen) atoms. The van der Waals surface area contributed by atoms with E-state index in [1.54, 1.807) is 0 Å². The van der Waals surface area contributed by atoms with Crippen molar-refractivity contribution in [3.63, 3.8) is 0 Å². The van der Waals surface area contributed by atoms with E-state index in [1.807, 2.05) is 32.2 Å². The van der Waals surface area contributed by atoms with E-state index in [2.05, 4.69) is 11.0 Å². The molecule has 0 spiro atoms. The van der Waals surface area contributed by atoms with Gasteiger partial charge in [0.2, 0.25) is 0 Å². The summed E-state index contributed by atoms with van der Waals surface area (Å²) in [6, 6.07) is 8.20. The molecule has 2 heterocycles. The largest absolute Gasteiger partial charge is 0.474 e. The minimum absolute atomic E-state index is 0.0309.